The molecule has 4 rings (SSSR count). The molecule has 7 nitrogen and oxygen atoms in total. The Kier molecular flexibility index (Phi) is 5.69. The van der Waals surface area contributed by atoms with Crippen molar-refractivity contribution in [3.05, 3.63) is 65.9 Å². The van der Waals surface area contributed by atoms with Gasteiger partial charge in [0.15, 0.2) is 0 Å². The quantitative estimate of drug-likeness (QED) is 0.635. The molecule has 0 radical (unpaired) electrons. The first-order chi connectivity index (χ1) is 14.5. The maximum absolute atomic E-state index is 12.7. The molecule has 3 aromatic rings. The summed E-state index contributed by atoms with van der Waals surface area (Å²) in [7, 11) is -3.46. The van der Waals surface area contributed by atoms with Gasteiger partial charge in [-0.3, -0.25) is 9.36 Å². The lowest BCUT2D eigenvalue weighted by Crippen LogP contribution is -2.35. The normalized spacial score (nSPS) is 15.2. The van der Waals surface area contributed by atoms with Crippen molar-refractivity contribution in [2.75, 3.05) is 13.1 Å². The molecule has 1 aliphatic heterocycles. The number of hydrogen-bond acceptors (Lipinski definition) is 4. The van der Waals surface area contributed by atoms with Crippen LogP contribution >= 0.6 is 0 Å². The van der Waals surface area contributed by atoms with Crippen molar-refractivity contribution in [1.29, 1.82) is 0 Å². The number of fused-ring (bicyclic) bond motifs is 1. The Bertz CT molecular complexity index is 1180. The molecular weight excluding hydrogens is 402 g/mol. The Morgan fingerprint density at radius 2 is 1.73 bits per heavy atom. The first-order valence-electron chi connectivity index (χ1n) is 9.92. The minimum atomic E-state index is -3.46. The molecule has 1 fully saturated rings. The number of nitrogens with zero attached hydrogens (tertiary/aromatic N) is 2. The highest BCUT2D eigenvalue weighted by Crippen LogP contribution is 2.21. The fraction of sp³-hybridized carbons (Fsp3) is 0.273. The molecule has 2 heterocycles. The Hall–Kier alpha value is -2.97. The Morgan fingerprint density at radius 3 is 2.43 bits per heavy atom. The van der Waals surface area contributed by atoms with Gasteiger partial charge in [0, 0.05) is 36.8 Å². The van der Waals surface area contributed by atoms with Gasteiger partial charge in [-0.25, -0.2) is 13.2 Å². The number of amides is 1. The van der Waals surface area contributed by atoms with Crippen LogP contribution in [0.2, 0.25) is 0 Å². The van der Waals surface area contributed by atoms with Crippen molar-refractivity contribution >= 4 is 33.2 Å². The van der Waals surface area contributed by atoms with E-state index in [2.05, 4.69) is 5.32 Å². The van der Waals surface area contributed by atoms with Crippen molar-refractivity contribution in [3.63, 3.8) is 0 Å². The molecule has 0 atom stereocenters. The van der Waals surface area contributed by atoms with Crippen LogP contribution in [0.5, 0.6) is 0 Å². The Labute approximate surface area is 175 Å². The number of carbonyl (C=O) groups excluding carboxylic acids is 2. The molecule has 30 heavy (non-hydrogen) atoms. The van der Waals surface area contributed by atoms with Crippen molar-refractivity contribution in [2.45, 2.75) is 30.7 Å². The number of aromatic nitrogens is 1. The summed E-state index contributed by atoms with van der Waals surface area (Å²) in [6.45, 7) is 1.41. The summed E-state index contributed by atoms with van der Waals surface area (Å²) in [5, 5.41) is 3.65. The molecule has 0 saturated carbocycles. The fourth-order valence-corrected chi connectivity index (χ4v) is 5.22. The Morgan fingerprint density at radius 1 is 1.00 bits per heavy atom. The first kappa shape index (κ1) is 20.3. The van der Waals surface area contributed by atoms with E-state index in [1.807, 2.05) is 0 Å². The van der Waals surface area contributed by atoms with E-state index in [9.17, 15) is 18.0 Å². The predicted octanol–water partition coefficient (Wildman–Crippen LogP) is 3.39. The molecule has 1 amide bonds. The summed E-state index contributed by atoms with van der Waals surface area (Å²) in [5.41, 5.74) is 2.07. The summed E-state index contributed by atoms with van der Waals surface area (Å²) in [4.78, 5) is 23.7. The van der Waals surface area contributed by atoms with Crippen molar-refractivity contribution in [2.24, 2.45) is 0 Å². The maximum atomic E-state index is 12.7. The zero-order valence-electron chi connectivity index (χ0n) is 16.5. The summed E-state index contributed by atoms with van der Waals surface area (Å²) >= 11 is 0. The molecule has 0 spiro atoms. The number of rotatable bonds is 5. The molecule has 1 saturated heterocycles. The standard InChI is InChI=1S/C22H23N3O4S/c26-16-18-6-9-21-19(14-18)10-13-25(21)22(27)23-15-17-4-7-20(8-5-17)30(28,29)24-11-2-1-3-12-24/h4-10,13-14,16H,1-3,11-12,15H2,(H,23,27). The van der Waals surface area contributed by atoms with Crippen LogP contribution in [0.1, 0.15) is 35.2 Å². The van der Waals surface area contributed by atoms with Gasteiger partial charge in [0.25, 0.3) is 0 Å². The van der Waals surface area contributed by atoms with Crippen LogP contribution < -0.4 is 5.32 Å². The number of benzene rings is 2. The second kappa shape index (κ2) is 8.41. The van der Waals surface area contributed by atoms with E-state index < -0.39 is 10.0 Å². The molecule has 0 unspecified atom stereocenters. The van der Waals surface area contributed by atoms with Crippen LogP contribution in [0.4, 0.5) is 4.79 Å². The topological polar surface area (TPSA) is 88.5 Å². The molecule has 156 valence electrons. The summed E-state index contributed by atoms with van der Waals surface area (Å²) < 4.78 is 28.5. The lowest BCUT2D eigenvalue weighted by atomic mass is 10.2. The van der Waals surface area contributed by atoms with Crippen molar-refractivity contribution in [3.8, 4) is 0 Å². The highest BCUT2D eigenvalue weighted by Gasteiger charge is 2.25. The minimum Gasteiger partial charge on any atom is -0.333 e. The van der Waals surface area contributed by atoms with Crippen LogP contribution in [0.15, 0.2) is 59.6 Å². The van der Waals surface area contributed by atoms with Gasteiger partial charge < -0.3 is 5.32 Å². The maximum Gasteiger partial charge on any atom is 0.326 e. The van der Waals surface area contributed by atoms with Gasteiger partial charge in [-0.05, 0) is 54.8 Å². The number of piperidine rings is 1. The summed E-state index contributed by atoms with van der Waals surface area (Å²) in [6.07, 6.45) is 5.29. The average molecular weight is 426 g/mol. The summed E-state index contributed by atoms with van der Waals surface area (Å²) in [5.74, 6) is 0. The third kappa shape index (κ3) is 4.01. The van der Waals surface area contributed by atoms with Crippen LogP contribution in [0.3, 0.4) is 0 Å². The first-order valence-corrected chi connectivity index (χ1v) is 11.4. The van der Waals surface area contributed by atoms with Gasteiger partial charge in [-0.2, -0.15) is 4.31 Å². The smallest absolute Gasteiger partial charge is 0.326 e. The van der Waals surface area contributed by atoms with E-state index in [0.717, 1.165) is 36.5 Å². The Balaban J connectivity index is 1.43. The molecule has 1 aromatic heterocycles. The van der Waals surface area contributed by atoms with E-state index in [-0.39, 0.29) is 17.5 Å². The molecular formula is C22H23N3O4S. The van der Waals surface area contributed by atoms with Gasteiger partial charge in [0.1, 0.15) is 6.29 Å². The van der Waals surface area contributed by atoms with E-state index in [0.29, 0.717) is 24.2 Å². The van der Waals surface area contributed by atoms with Gasteiger partial charge >= 0.3 is 6.03 Å². The molecule has 1 aliphatic rings. The van der Waals surface area contributed by atoms with Gasteiger partial charge in [-0.15, -0.1) is 0 Å². The number of aldehydes is 1. The number of nitrogens with one attached hydrogen (secondary N) is 1. The van der Waals surface area contributed by atoms with Crippen molar-refractivity contribution < 1.29 is 18.0 Å². The average Bonchev–Trinajstić information content (AvgIpc) is 3.21. The van der Waals surface area contributed by atoms with Gasteiger partial charge in [0.05, 0.1) is 10.4 Å². The number of carbonyl (C=O) groups is 2. The highest BCUT2D eigenvalue weighted by atomic mass is 32.2. The lowest BCUT2D eigenvalue weighted by Gasteiger charge is -2.25. The predicted molar refractivity (Wildman–Crippen MR) is 114 cm³/mol. The largest absolute Gasteiger partial charge is 0.333 e. The van der Waals surface area contributed by atoms with Crippen LogP contribution in [0.25, 0.3) is 10.9 Å². The third-order valence-electron chi connectivity index (χ3n) is 5.39. The lowest BCUT2D eigenvalue weighted by molar-refractivity contribution is 0.112. The van der Waals surface area contributed by atoms with E-state index >= 15 is 0 Å². The zero-order valence-corrected chi connectivity index (χ0v) is 17.3. The monoisotopic (exact) mass is 425 g/mol. The highest BCUT2D eigenvalue weighted by molar-refractivity contribution is 7.89. The molecule has 1 N–H and O–H groups in total. The second-order valence-electron chi connectivity index (χ2n) is 7.39. The number of hydrogen-bond donors (Lipinski definition) is 1. The number of sulfonamides is 1. The van der Waals surface area contributed by atoms with Gasteiger partial charge in [-0.1, -0.05) is 18.6 Å². The van der Waals surface area contributed by atoms with Crippen LogP contribution in [0, 0.1) is 0 Å². The summed E-state index contributed by atoms with van der Waals surface area (Å²) in [6, 6.07) is 13.3. The zero-order chi connectivity index (χ0) is 21.1. The van der Waals surface area contributed by atoms with Crippen LogP contribution in [-0.2, 0) is 16.6 Å². The van der Waals surface area contributed by atoms with Crippen LogP contribution in [-0.4, -0.2) is 42.7 Å². The molecule has 0 bridgehead atoms. The SMILES string of the molecule is O=Cc1ccc2c(ccn2C(=O)NCc2ccc(S(=O)(=O)N3CCCCC3)cc2)c1. The van der Waals surface area contributed by atoms with E-state index in [1.165, 1.54) is 4.57 Å². The second-order valence-corrected chi connectivity index (χ2v) is 9.33. The molecule has 2 aromatic carbocycles. The third-order valence-corrected chi connectivity index (χ3v) is 7.30. The minimum absolute atomic E-state index is 0.273. The molecule has 8 heteroatoms. The van der Waals surface area contributed by atoms with E-state index in [1.54, 1.807) is 59.0 Å². The fourth-order valence-electron chi connectivity index (χ4n) is 3.71. The molecule has 0 aliphatic carbocycles. The van der Waals surface area contributed by atoms with Crippen molar-refractivity contribution in [1.82, 2.24) is 14.2 Å². The van der Waals surface area contributed by atoms with Gasteiger partial charge in [0.2, 0.25) is 10.0 Å². The van der Waals surface area contributed by atoms with E-state index in [4.69, 9.17) is 0 Å².